The van der Waals surface area contributed by atoms with Crippen molar-refractivity contribution in [3.63, 3.8) is 0 Å². The number of hydrogen-bond donors (Lipinski definition) is 0. The number of anilines is 1. The molecule has 1 aromatic rings. The molecule has 1 saturated heterocycles. The van der Waals surface area contributed by atoms with Crippen molar-refractivity contribution in [2.45, 2.75) is 64.3 Å². The molecule has 0 spiro atoms. The Bertz CT molecular complexity index is 565. The Morgan fingerprint density at radius 2 is 1.96 bits per heavy atom. The summed E-state index contributed by atoms with van der Waals surface area (Å²) in [5, 5.41) is 0.951. The molecular formula is C18H27N3OS. The zero-order chi connectivity index (χ0) is 15.6. The van der Waals surface area contributed by atoms with Crippen molar-refractivity contribution < 1.29 is 4.79 Å². The number of hydrogen-bond acceptors (Lipinski definition) is 4. The molecule has 23 heavy (non-hydrogen) atoms. The van der Waals surface area contributed by atoms with Crippen LogP contribution in [0.15, 0.2) is 0 Å². The Balaban J connectivity index is 1.35. The fourth-order valence-electron chi connectivity index (χ4n) is 4.24. The molecule has 1 amide bonds. The lowest BCUT2D eigenvalue weighted by Crippen LogP contribution is -2.32. The average Bonchev–Trinajstić information content (AvgIpc) is 3.19. The topological polar surface area (TPSA) is 36.4 Å². The summed E-state index contributed by atoms with van der Waals surface area (Å²) in [6, 6.07) is 0. The van der Waals surface area contributed by atoms with Crippen molar-refractivity contribution in [1.29, 1.82) is 0 Å². The minimum absolute atomic E-state index is 0.255. The van der Waals surface area contributed by atoms with Crippen molar-refractivity contribution in [3.05, 3.63) is 10.6 Å². The zero-order valence-corrected chi connectivity index (χ0v) is 14.7. The number of rotatable bonds is 4. The Hall–Kier alpha value is -0.940. The molecule has 1 aromatic heterocycles. The highest BCUT2D eigenvalue weighted by Crippen LogP contribution is 2.33. The number of aromatic nitrogens is 1. The summed E-state index contributed by atoms with van der Waals surface area (Å²) in [7, 11) is 0. The minimum Gasteiger partial charge on any atom is -0.297 e. The van der Waals surface area contributed by atoms with E-state index in [1.165, 1.54) is 55.6 Å². The number of fused-ring (bicyclic) bond motifs is 1. The maximum absolute atomic E-state index is 11.9. The summed E-state index contributed by atoms with van der Waals surface area (Å²) in [5.41, 5.74) is 1.24. The molecule has 2 fully saturated rings. The molecule has 3 aliphatic rings. The fraction of sp³-hybridized carbons (Fsp3) is 0.778. The van der Waals surface area contributed by atoms with Crippen LogP contribution >= 0.6 is 11.3 Å². The number of carbonyl (C=O) groups excluding carboxylic acids is 1. The van der Waals surface area contributed by atoms with Crippen LogP contribution in [0.25, 0.3) is 0 Å². The van der Waals surface area contributed by atoms with E-state index in [0.717, 1.165) is 43.5 Å². The molecule has 5 heteroatoms. The standard InChI is InChI=1S/C18H27N3OS/c22-17-7-4-10-21(17)18-19-15-13-20(12-9-16(15)23-18)11-8-14-5-2-1-3-6-14/h14H,1-13H2. The molecule has 0 bridgehead atoms. The Morgan fingerprint density at radius 3 is 2.74 bits per heavy atom. The normalized spacial score (nSPS) is 23.5. The Labute approximate surface area is 142 Å². The van der Waals surface area contributed by atoms with Crippen molar-refractivity contribution in [3.8, 4) is 0 Å². The van der Waals surface area contributed by atoms with E-state index in [-0.39, 0.29) is 5.91 Å². The largest absolute Gasteiger partial charge is 0.297 e. The van der Waals surface area contributed by atoms with Gasteiger partial charge in [0.1, 0.15) is 0 Å². The van der Waals surface area contributed by atoms with Gasteiger partial charge in [-0.05, 0) is 31.7 Å². The molecule has 1 saturated carbocycles. The highest BCUT2D eigenvalue weighted by molar-refractivity contribution is 7.16. The molecule has 4 nitrogen and oxygen atoms in total. The van der Waals surface area contributed by atoms with E-state index >= 15 is 0 Å². The third-order valence-electron chi connectivity index (χ3n) is 5.68. The van der Waals surface area contributed by atoms with Gasteiger partial charge in [0.15, 0.2) is 5.13 Å². The first-order chi connectivity index (χ1) is 11.3. The predicted octanol–water partition coefficient (Wildman–Crippen LogP) is 3.60. The van der Waals surface area contributed by atoms with Crippen LogP contribution in [0.2, 0.25) is 0 Å². The quantitative estimate of drug-likeness (QED) is 0.845. The summed E-state index contributed by atoms with van der Waals surface area (Å²) in [4.78, 5) is 22.6. The summed E-state index contributed by atoms with van der Waals surface area (Å²) in [6.45, 7) is 4.23. The van der Waals surface area contributed by atoms with Gasteiger partial charge in [-0.3, -0.25) is 14.6 Å². The highest BCUT2D eigenvalue weighted by atomic mass is 32.1. The first kappa shape index (κ1) is 15.6. The van der Waals surface area contributed by atoms with Gasteiger partial charge < -0.3 is 0 Å². The molecule has 4 rings (SSSR count). The van der Waals surface area contributed by atoms with Gasteiger partial charge in [-0.25, -0.2) is 4.98 Å². The SMILES string of the molecule is O=C1CCCN1c1nc2c(s1)CCN(CCC1CCCCC1)C2. The molecule has 0 radical (unpaired) electrons. The van der Waals surface area contributed by atoms with Crippen LogP contribution in [-0.2, 0) is 17.8 Å². The summed E-state index contributed by atoms with van der Waals surface area (Å²) in [5.74, 6) is 1.21. The lowest BCUT2D eigenvalue weighted by atomic mass is 9.87. The lowest BCUT2D eigenvalue weighted by molar-refractivity contribution is -0.117. The van der Waals surface area contributed by atoms with Crippen LogP contribution < -0.4 is 4.90 Å². The molecule has 0 N–H and O–H groups in total. The lowest BCUT2D eigenvalue weighted by Gasteiger charge is -2.29. The van der Waals surface area contributed by atoms with Gasteiger partial charge in [0.25, 0.3) is 0 Å². The molecule has 0 atom stereocenters. The van der Waals surface area contributed by atoms with E-state index in [2.05, 4.69) is 4.90 Å². The third kappa shape index (κ3) is 3.45. The molecule has 2 aliphatic heterocycles. The van der Waals surface area contributed by atoms with E-state index in [1.54, 1.807) is 11.3 Å². The van der Waals surface area contributed by atoms with Crippen molar-refractivity contribution in [2.24, 2.45) is 5.92 Å². The van der Waals surface area contributed by atoms with Crippen LogP contribution in [0, 0.1) is 5.92 Å². The smallest absolute Gasteiger partial charge is 0.228 e. The van der Waals surface area contributed by atoms with E-state index in [0.29, 0.717) is 6.42 Å². The van der Waals surface area contributed by atoms with Gasteiger partial charge >= 0.3 is 0 Å². The maximum Gasteiger partial charge on any atom is 0.228 e. The van der Waals surface area contributed by atoms with E-state index in [4.69, 9.17) is 4.98 Å². The molecule has 0 unspecified atom stereocenters. The minimum atomic E-state index is 0.255. The molecule has 3 heterocycles. The third-order valence-corrected chi connectivity index (χ3v) is 6.86. The average molecular weight is 334 g/mol. The van der Waals surface area contributed by atoms with E-state index in [9.17, 15) is 4.79 Å². The van der Waals surface area contributed by atoms with Crippen LogP contribution in [0.3, 0.4) is 0 Å². The van der Waals surface area contributed by atoms with Crippen molar-refractivity contribution >= 4 is 22.4 Å². The summed E-state index contributed by atoms with van der Waals surface area (Å²) < 4.78 is 0. The van der Waals surface area contributed by atoms with E-state index in [1.807, 2.05) is 4.90 Å². The van der Waals surface area contributed by atoms with Gasteiger partial charge in [0.2, 0.25) is 5.91 Å². The molecular weight excluding hydrogens is 306 g/mol. The van der Waals surface area contributed by atoms with Gasteiger partial charge in [0.05, 0.1) is 5.69 Å². The van der Waals surface area contributed by atoms with Crippen LogP contribution in [0.5, 0.6) is 0 Å². The second kappa shape index (κ2) is 6.89. The van der Waals surface area contributed by atoms with E-state index < -0.39 is 0 Å². The predicted molar refractivity (Wildman–Crippen MR) is 93.9 cm³/mol. The van der Waals surface area contributed by atoms with Gasteiger partial charge in [0, 0.05) is 30.9 Å². The number of amides is 1. The van der Waals surface area contributed by atoms with Crippen LogP contribution in [-0.4, -0.2) is 35.4 Å². The number of nitrogens with zero attached hydrogens (tertiary/aromatic N) is 3. The monoisotopic (exact) mass is 333 g/mol. The first-order valence-electron chi connectivity index (χ1n) is 9.31. The van der Waals surface area contributed by atoms with Crippen molar-refractivity contribution in [1.82, 2.24) is 9.88 Å². The summed E-state index contributed by atoms with van der Waals surface area (Å²) >= 11 is 1.75. The van der Waals surface area contributed by atoms with Gasteiger partial charge in [-0.15, -0.1) is 11.3 Å². The second-order valence-electron chi connectivity index (χ2n) is 7.33. The fourth-order valence-corrected chi connectivity index (χ4v) is 5.34. The first-order valence-corrected chi connectivity index (χ1v) is 10.1. The van der Waals surface area contributed by atoms with Crippen molar-refractivity contribution in [2.75, 3.05) is 24.5 Å². The van der Waals surface area contributed by atoms with Gasteiger partial charge in [-0.1, -0.05) is 32.1 Å². The highest BCUT2D eigenvalue weighted by Gasteiger charge is 2.28. The Morgan fingerprint density at radius 1 is 1.09 bits per heavy atom. The number of carbonyl (C=O) groups is 1. The number of thiazole rings is 1. The second-order valence-corrected chi connectivity index (χ2v) is 8.40. The molecule has 1 aliphatic carbocycles. The maximum atomic E-state index is 11.9. The Kier molecular flexibility index (Phi) is 4.67. The molecule has 0 aromatic carbocycles. The van der Waals surface area contributed by atoms with Crippen LogP contribution in [0.4, 0.5) is 5.13 Å². The summed E-state index contributed by atoms with van der Waals surface area (Å²) in [6.07, 6.45) is 11.3. The van der Waals surface area contributed by atoms with Gasteiger partial charge in [-0.2, -0.15) is 0 Å². The zero-order valence-electron chi connectivity index (χ0n) is 13.9. The van der Waals surface area contributed by atoms with Crippen LogP contribution in [0.1, 0.15) is 61.9 Å². The molecule has 126 valence electrons.